The molecule has 2 aromatic carbocycles. The molecular formula is C29H34N6O. The van der Waals surface area contributed by atoms with Gasteiger partial charge in [0.05, 0.1) is 5.39 Å². The molecule has 1 saturated carbocycles. The van der Waals surface area contributed by atoms with E-state index in [1.54, 1.807) is 6.33 Å². The molecule has 36 heavy (non-hydrogen) atoms. The van der Waals surface area contributed by atoms with Crippen molar-refractivity contribution in [1.82, 2.24) is 19.4 Å². The van der Waals surface area contributed by atoms with Gasteiger partial charge in [-0.1, -0.05) is 30.3 Å². The van der Waals surface area contributed by atoms with Crippen LogP contribution in [-0.4, -0.2) is 44.6 Å². The summed E-state index contributed by atoms with van der Waals surface area (Å²) in [7, 11) is 0. The van der Waals surface area contributed by atoms with Crippen LogP contribution < -0.4 is 16.2 Å². The van der Waals surface area contributed by atoms with Crippen LogP contribution in [-0.2, 0) is 0 Å². The Morgan fingerprint density at radius 3 is 2.31 bits per heavy atom. The highest BCUT2D eigenvalue weighted by molar-refractivity contribution is 6.00. The Bertz CT molecular complexity index is 1310. The SMILES string of the molecule is Nc1ncnc2c1c(-c1ccc(Oc3ccccc3)cc1)cn2[C@H]1CC[C@@H](N2CCCC(N)C2)CC1. The van der Waals surface area contributed by atoms with Gasteiger partial charge in [0.25, 0.3) is 0 Å². The van der Waals surface area contributed by atoms with Crippen LogP contribution in [0.25, 0.3) is 22.2 Å². The molecule has 7 heteroatoms. The number of hydrogen-bond donors (Lipinski definition) is 2. The minimum absolute atomic E-state index is 0.330. The molecule has 1 aliphatic carbocycles. The molecule has 2 aromatic heterocycles. The van der Waals surface area contributed by atoms with E-state index in [-0.39, 0.29) is 0 Å². The van der Waals surface area contributed by atoms with Crippen LogP contribution in [0.1, 0.15) is 44.6 Å². The first kappa shape index (κ1) is 23.0. The lowest BCUT2D eigenvalue weighted by atomic mass is 9.88. The summed E-state index contributed by atoms with van der Waals surface area (Å²) in [5.41, 5.74) is 15.7. The fraction of sp³-hybridized carbons (Fsp3) is 0.379. The highest BCUT2D eigenvalue weighted by Crippen LogP contribution is 2.39. The van der Waals surface area contributed by atoms with E-state index < -0.39 is 0 Å². The number of para-hydroxylation sites is 1. The maximum absolute atomic E-state index is 6.39. The average molecular weight is 483 g/mol. The number of piperidine rings is 1. The summed E-state index contributed by atoms with van der Waals surface area (Å²) >= 11 is 0. The third-order valence-electron chi connectivity index (χ3n) is 7.85. The topological polar surface area (TPSA) is 95.2 Å². The monoisotopic (exact) mass is 482 g/mol. The molecule has 1 unspecified atom stereocenters. The molecule has 1 atom stereocenters. The molecule has 3 heterocycles. The van der Waals surface area contributed by atoms with E-state index in [0.717, 1.165) is 59.5 Å². The summed E-state index contributed by atoms with van der Waals surface area (Å²) in [5, 5.41) is 0.929. The number of likely N-dealkylation sites (tertiary alicyclic amines) is 1. The predicted molar refractivity (Wildman–Crippen MR) is 144 cm³/mol. The van der Waals surface area contributed by atoms with Crippen LogP contribution in [0.2, 0.25) is 0 Å². The number of nitrogen functional groups attached to an aromatic ring is 1. The third kappa shape index (κ3) is 4.56. The second kappa shape index (κ2) is 9.91. The molecule has 6 rings (SSSR count). The first-order valence-corrected chi connectivity index (χ1v) is 13.1. The van der Waals surface area contributed by atoms with Gasteiger partial charge >= 0.3 is 0 Å². The van der Waals surface area contributed by atoms with Gasteiger partial charge in [0.15, 0.2) is 0 Å². The van der Waals surface area contributed by atoms with Crippen molar-refractivity contribution in [3.63, 3.8) is 0 Å². The van der Waals surface area contributed by atoms with E-state index in [1.807, 2.05) is 42.5 Å². The van der Waals surface area contributed by atoms with Crippen LogP contribution in [0.5, 0.6) is 11.5 Å². The molecule has 0 amide bonds. The lowest BCUT2D eigenvalue weighted by Crippen LogP contribution is -2.48. The Morgan fingerprint density at radius 2 is 1.56 bits per heavy atom. The molecule has 0 radical (unpaired) electrons. The van der Waals surface area contributed by atoms with Crippen molar-refractivity contribution < 1.29 is 4.74 Å². The maximum Gasteiger partial charge on any atom is 0.146 e. The van der Waals surface area contributed by atoms with Crippen molar-refractivity contribution in [2.24, 2.45) is 5.73 Å². The van der Waals surface area contributed by atoms with Gasteiger partial charge in [-0.25, -0.2) is 9.97 Å². The zero-order valence-corrected chi connectivity index (χ0v) is 20.6. The van der Waals surface area contributed by atoms with Crippen LogP contribution in [0.3, 0.4) is 0 Å². The Kier molecular flexibility index (Phi) is 6.34. The van der Waals surface area contributed by atoms with Crippen LogP contribution in [0, 0.1) is 0 Å². The number of ether oxygens (including phenoxy) is 1. The largest absolute Gasteiger partial charge is 0.457 e. The number of anilines is 1. The molecule has 2 fully saturated rings. The van der Waals surface area contributed by atoms with E-state index >= 15 is 0 Å². The lowest BCUT2D eigenvalue weighted by Gasteiger charge is -2.41. The second-order valence-corrected chi connectivity index (χ2v) is 10.2. The van der Waals surface area contributed by atoms with Gasteiger partial charge in [-0.15, -0.1) is 0 Å². The zero-order chi connectivity index (χ0) is 24.5. The number of nitrogens with zero attached hydrogens (tertiary/aromatic N) is 4. The molecule has 1 saturated heterocycles. The molecular weight excluding hydrogens is 448 g/mol. The molecule has 2 aliphatic rings. The fourth-order valence-electron chi connectivity index (χ4n) is 6.01. The highest BCUT2D eigenvalue weighted by atomic mass is 16.5. The summed E-state index contributed by atoms with van der Waals surface area (Å²) in [4.78, 5) is 11.6. The van der Waals surface area contributed by atoms with E-state index in [4.69, 9.17) is 16.2 Å². The number of hydrogen-bond acceptors (Lipinski definition) is 6. The zero-order valence-electron chi connectivity index (χ0n) is 20.6. The van der Waals surface area contributed by atoms with E-state index in [2.05, 4.69) is 37.8 Å². The molecule has 4 aromatic rings. The van der Waals surface area contributed by atoms with Crippen molar-refractivity contribution in [1.29, 1.82) is 0 Å². The lowest BCUT2D eigenvalue weighted by molar-refractivity contribution is 0.107. The van der Waals surface area contributed by atoms with Crippen LogP contribution >= 0.6 is 0 Å². The van der Waals surface area contributed by atoms with Gasteiger partial charge in [0.1, 0.15) is 29.3 Å². The average Bonchev–Trinajstić information content (AvgIpc) is 3.31. The van der Waals surface area contributed by atoms with E-state index in [1.165, 1.54) is 25.8 Å². The minimum atomic E-state index is 0.330. The van der Waals surface area contributed by atoms with E-state index in [0.29, 0.717) is 23.9 Å². The summed E-state index contributed by atoms with van der Waals surface area (Å²) < 4.78 is 8.32. The van der Waals surface area contributed by atoms with Crippen molar-refractivity contribution in [3.8, 4) is 22.6 Å². The Balaban J connectivity index is 1.25. The predicted octanol–water partition coefficient (Wildman–Crippen LogP) is 5.38. The fourth-order valence-corrected chi connectivity index (χ4v) is 6.01. The first-order valence-electron chi connectivity index (χ1n) is 13.1. The van der Waals surface area contributed by atoms with Crippen molar-refractivity contribution in [2.45, 2.75) is 56.7 Å². The van der Waals surface area contributed by atoms with Gasteiger partial charge in [0, 0.05) is 36.4 Å². The van der Waals surface area contributed by atoms with Crippen molar-refractivity contribution >= 4 is 16.9 Å². The number of benzene rings is 2. The smallest absolute Gasteiger partial charge is 0.146 e. The van der Waals surface area contributed by atoms with Gasteiger partial charge < -0.3 is 20.8 Å². The van der Waals surface area contributed by atoms with Crippen LogP contribution in [0.15, 0.2) is 67.1 Å². The first-order chi connectivity index (χ1) is 17.7. The summed E-state index contributed by atoms with van der Waals surface area (Å²) in [6.45, 7) is 2.23. The summed E-state index contributed by atoms with van der Waals surface area (Å²) in [6, 6.07) is 19.4. The summed E-state index contributed by atoms with van der Waals surface area (Å²) in [5.74, 6) is 2.14. The molecule has 186 valence electrons. The Labute approximate surface area is 212 Å². The van der Waals surface area contributed by atoms with Gasteiger partial charge in [-0.2, -0.15) is 0 Å². The molecule has 7 nitrogen and oxygen atoms in total. The maximum atomic E-state index is 6.39. The molecule has 0 spiro atoms. The van der Waals surface area contributed by atoms with Crippen molar-refractivity contribution in [3.05, 3.63) is 67.1 Å². The minimum Gasteiger partial charge on any atom is -0.457 e. The number of rotatable bonds is 5. The standard InChI is InChI=1S/C29H34N6O/c30-21-5-4-16-34(17-21)22-10-12-23(13-11-22)35-18-26(27-28(31)32-19-33-29(27)35)20-8-14-25(15-9-20)36-24-6-2-1-3-7-24/h1-3,6-9,14-15,18-19,21-23H,4-5,10-13,16-17,30H2,(H2,31,32,33)/t21?,22-,23+. The Hall–Kier alpha value is -3.42. The van der Waals surface area contributed by atoms with Gasteiger partial charge in [-0.05, 0) is 74.9 Å². The normalized spacial score (nSPS) is 23.1. The van der Waals surface area contributed by atoms with E-state index in [9.17, 15) is 0 Å². The number of aromatic nitrogens is 3. The molecule has 4 N–H and O–H groups in total. The molecule has 0 bridgehead atoms. The van der Waals surface area contributed by atoms with Gasteiger partial charge in [0.2, 0.25) is 0 Å². The van der Waals surface area contributed by atoms with Crippen LogP contribution in [0.4, 0.5) is 5.82 Å². The third-order valence-corrected chi connectivity index (χ3v) is 7.85. The van der Waals surface area contributed by atoms with Gasteiger partial charge in [-0.3, -0.25) is 4.90 Å². The number of nitrogens with two attached hydrogens (primary N) is 2. The number of fused-ring (bicyclic) bond motifs is 1. The second-order valence-electron chi connectivity index (χ2n) is 10.2. The van der Waals surface area contributed by atoms with Crippen molar-refractivity contribution in [2.75, 3.05) is 18.8 Å². The quantitative estimate of drug-likeness (QED) is 0.397. The Morgan fingerprint density at radius 1 is 0.833 bits per heavy atom. The highest BCUT2D eigenvalue weighted by Gasteiger charge is 2.30. The molecule has 1 aliphatic heterocycles. The summed E-state index contributed by atoms with van der Waals surface area (Å²) in [6.07, 6.45) is 10.8.